The molecule has 0 aromatic heterocycles. The number of ketones is 1. The largest absolute Gasteiger partial charge is 0.490 e. The minimum Gasteiger partial charge on any atom is -0.490 e. The van der Waals surface area contributed by atoms with Crippen LogP contribution in [0.15, 0.2) is 72.8 Å². The van der Waals surface area contributed by atoms with Crippen LogP contribution in [0.1, 0.15) is 45.8 Å². The third-order valence-corrected chi connectivity index (χ3v) is 8.04. The lowest BCUT2D eigenvalue weighted by atomic mass is 9.86. The molecule has 1 fully saturated rings. The number of carbonyl (C=O) groups is 2. The van der Waals surface area contributed by atoms with Gasteiger partial charge in [-0.2, -0.15) is 4.79 Å². The average Bonchev–Trinajstić information content (AvgIpc) is 3.07. The van der Waals surface area contributed by atoms with E-state index in [0.29, 0.717) is 44.9 Å². The van der Waals surface area contributed by atoms with E-state index < -0.39 is 0 Å². The summed E-state index contributed by atoms with van der Waals surface area (Å²) in [7, 11) is 1.71. The predicted molar refractivity (Wildman–Crippen MR) is 165 cm³/mol. The molecule has 44 heavy (non-hydrogen) atoms. The zero-order valence-corrected chi connectivity index (χ0v) is 25.0. The molecule has 1 amide bonds. The van der Waals surface area contributed by atoms with Crippen molar-refractivity contribution in [1.29, 1.82) is 0 Å². The highest BCUT2D eigenvalue weighted by Crippen LogP contribution is 2.35. The maximum absolute atomic E-state index is 13.1. The molecule has 230 valence electrons. The van der Waals surface area contributed by atoms with Crippen LogP contribution >= 0.6 is 0 Å². The third-order valence-electron chi connectivity index (χ3n) is 8.04. The van der Waals surface area contributed by atoms with Gasteiger partial charge in [-0.3, -0.25) is 4.79 Å². The van der Waals surface area contributed by atoms with Crippen LogP contribution in [-0.2, 0) is 27.4 Å². The maximum atomic E-state index is 13.1. The van der Waals surface area contributed by atoms with Crippen LogP contribution in [0.5, 0.6) is 5.75 Å². The molecule has 10 heteroatoms. The Morgan fingerprint density at radius 2 is 1.84 bits per heavy atom. The first-order valence-corrected chi connectivity index (χ1v) is 14.9. The quantitative estimate of drug-likeness (QED) is 0.0935. The summed E-state index contributed by atoms with van der Waals surface area (Å²) < 4.78 is 23.3. The van der Waals surface area contributed by atoms with Gasteiger partial charge < -0.3 is 34.3 Å². The van der Waals surface area contributed by atoms with E-state index in [1.165, 1.54) is 0 Å². The van der Waals surface area contributed by atoms with Crippen molar-refractivity contribution in [3.05, 3.63) is 101 Å². The minimum absolute atomic E-state index is 0.00432. The van der Waals surface area contributed by atoms with Crippen LogP contribution in [-0.4, -0.2) is 80.4 Å². The summed E-state index contributed by atoms with van der Waals surface area (Å²) in [6, 6.07) is 23.0. The van der Waals surface area contributed by atoms with Crippen LogP contribution in [0.25, 0.3) is 5.53 Å². The van der Waals surface area contributed by atoms with Crippen LogP contribution in [0.4, 0.5) is 10.5 Å². The number of anilines is 1. The molecule has 3 aromatic rings. The van der Waals surface area contributed by atoms with E-state index in [0.717, 1.165) is 53.9 Å². The number of Topliss-reactive ketones (excluding diaryl/α,β-unsaturated/α-hetero) is 1. The number of rotatable bonds is 12. The Morgan fingerprint density at radius 1 is 1.02 bits per heavy atom. The number of methoxy groups -OCH3 is 1. The molecule has 10 nitrogen and oxygen atoms in total. The van der Waals surface area contributed by atoms with Crippen molar-refractivity contribution in [3.8, 4) is 5.75 Å². The van der Waals surface area contributed by atoms with Crippen molar-refractivity contribution in [1.82, 2.24) is 4.90 Å². The molecule has 3 aromatic carbocycles. The molecule has 5 rings (SSSR count). The second-order valence-corrected chi connectivity index (χ2v) is 10.9. The van der Waals surface area contributed by atoms with Crippen molar-refractivity contribution < 1.29 is 33.3 Å². The Balaban J connectivity index is 1.30. The molecule has 1 saturated heterocycles. The fourth-order valence-corrected chi connectivity index (χ4v) is 5.71. The highest BCUT2D eigenvalue weighted by atomic mass is 16.6. The van der Waals surface area contributed by atoms with Gasteiger partial charge in [-0.15, -0.1) is 0 Å². The summed E-state index contributed by atoms with van der Waals surface area (Å²) >= 11 is 0. The van der Waals surface area contributed by atoms with Gasteiger partial charge in [-0.05, 0) is 41.7 Å². The average molecular weight is 599 g/mol. The first-order chi connectivity index (χ1) is 21.6. The van der Waals surface area contributed by atoms with Crippen molar-refractivity contribution in [2.24, 2.45) is 0 Å². The maximum Gasteiger partial charge on any atom is 0.410 e. The molecule has 0 N–H and O–H groups in total. The van der Waals surface area contributed by atoms with Gasteiger partial charge in [0.2, 0.25) is 0 Å². The number of benzene rings is 3. The highest BCUT2D eigenvalue weighted by molar-refractivity contribution is 6.33. The number of carbonyl (C=O) groups excluding carboxylic acids is 2. The number of piperidine rings is 1. The molecular weight excluding hydrogens is 560 g/mol. The molecular formula is C34H38N4O6. The molecule has 2 unspecified atom stereocenters. The van der Waals surface area contributed by atoms with Gasteiger partial charge in [-0.1, -0.05) is 60.7 Å². The second kappa shape index (κ2) is 15.3. The molecule has 0 spiro atoms. The van der Waals surface area contributed by atoms with Crippen LogP contribution < -0.4 is 9.64 Å². The van der Waals surface area contributed by atoms with Gasteiger partial charge >= 0.3 is 12.3 Å². The van der Waals surface area contributed by atoms with Gasteiger partial charge in [-0.25, -0.2) is 4.79 Å². The van der Waals surface area contributed by atoms with E-state index in [1.807, 2.05) is 54.6 Å². The van der Waals surface area contributed by atoms with Crippen LogP contribution in [0.2, 0.25) is 0 Å². The monoisotopic (exact) mass is 598 g/mol. The van der Waals surface area contributed by atoms with E-state index in [2.05, 4.69) is 15.8 Å². The summed E-state index contributed by atoms with van der Waals surface area (Å²) in [5.41, 5.74) is 13.1. The predicted octanol–water partition coefficient (Wildman–Crippen LogP) is 5.12. The van der Waals surface area contributed by atoms with Gasteiger partial charge in [0, 0.05) is 38.3 Å². The van der Waals surface area contributed by atoms with Crippen LogP contribution in [0, 0.1) is 0 Å². The summed E-state index contributed by atoms with van der Waals surface area (Å²) in [5.74, 6) is 0.479. The Hall–Kier alpha value is -4.50. The summed E-state index contributed by atoms with van der Waals surface area (Å²) in [6.45, 7) is 4.49. The van der Waals surface area contributed by atoms with Crippen LogP contribution in [0.3, 0.4) is 0 Å². The van der Waals surface area contributed by atoms with Crippen molar-refractivity contribution >= 4 is 23.8 Å². The van der Waals surface area contributed by atoms with E-state index >= 15 is 0 Å². The number of likely N-dealkylation sites (tertiary alicyclic amines) is 1. The van der Waals surface area contributed by atoms with Gasteiger partial charge in [0.05, 0.1) is 31.5 Å². The SMILES string of the molecule is COCCCN1CCOc2ccc(COC3CN(C(=O)OCc4ccccc4)CCC3c3ccc(C(=O)C=[N+]=[N-])cc3)cc21. The summed E-state index contributed by atoms with van der Waals surface area (Å²) in [6.07, 6.45) is 1.79. The van der Waals surface area contributed by atoms with E-state index in [-0.39, 0.29) is 30.5 Å². The minimum atomic E-state index is -0.379. The zero-order valence-electron chi connectivity index (χ0n) is 25.0. The lowest BCUT2D eigenvalue weighted by Crippen LogP contribution is -2.47. The molecule has 0 aliphatic carbocycles. The molecule has 2 heterocycles. The fraction of sp³-hybridized carbons (Fsp3) is 0.382. The van der Waals surface area contributed by atoms with E-state index in [1.54, 1.807) is 24.1 Å². The Labute approximate surface area is 257 Å². The topological polar surface area (TPSA) is 114 Å². The number of fused-ring (bicyclic) bond motifs is 1. The standard InChI is InChI=1S/C34H38N4O6/c1-41-18-5-15-37-17-19-42-32-13-8-26(20-30(32)37)24-43-33-22-38(34(40)44-23-25-6-3-2-4-7-25)16-14-29(33)27-9-11-28(12-10-27)31(39)21-36-35/h2-4,6-13,20-21,29,33H,5,14-19,22-24H2,1H3. The molecule has 0 saturated carbocycles. The van der Waals surface area contributed by atoms with Gasteiger partial charge in [0.25, 0.3) is 5.78 Å². The van der Waals surface area contributed by atoms with Crippen molar-refractivity contribution in [3.63, 3.8) is 0 Å². The first-order valence-electron chi connectivity index (χ1n) is 14.9. The highest BCUT2D eigenvalue weighted by Gasteiger charge is 2.34. The second-order valence-electron chi connectivity index (χ2n) is 10.9. The first kappa shape index (κ1) is 30.9. The normalized spacial score (nSPS) is 17.7. The molecule has 0 radical (unpaired) electrons. The van der Waals surface area contributed by atoms with E-state index in [4.69, 9.17) is 24.5 Å². The van der Waals surface area contributed by atoms with E-state index in [9.17, 15) is 9.59 Å². The van der Waals surface area contributed by atoms with Gasteiger partial charge in [0.15, 0.2) is 0 Å². The molecule has 2 aliphatic rings. The lowest BCUT2D eigenvalue weighted by molar-refractivity contribution is -0.0246. The zero-order chi connectivity index (χ0) is 30.7. The Morgan fingerprint density at radius 3 is 2.61 bits per heavy atom. The van der Waals surface area contributed by atoms with Crippen molar-refractivity contribution in [2.45, 2.75) is 38.1 Å². The van der Waals surface area contributed by atoms with Crippen molar-refractivity contribution in [2.75, 3.05) is 51.4 Å². The smallest absolute Gasteiger partial charge is 0.410 e. The molecule has 2 aliphatic heterocycles. The third kappa shape index (κ3) is 7.90. The number of ether oxygens (including phenoxy) is 4. The number of amides is 1. The number of hydrogen-bond acceptors (Lipinski definition) is 7. The summed E-state index contributed by atoms with van der Waals surface area (Å²) in [4.78, 5) is 32.1. The van der Waals surface area contributed by atoms with Gasteiger partial charge in [0.1, 0.15) is 19.0 Å². The summed E-state index contributed by atoms with van der Waals surface area (Å²) in [5, 5.41) is 0. The number of hydrogen-bond donors (Lipinski definition) is 0. The number of nitrogens with zero attached hydrogens (tertiary/aromatic N) is 4. The fourth-order valence-electron chi connectivity index (χ4n) is 5.71. The Bertz CT molecular complexity index is 1460. The Kier molecular flexibility index (Phi) is 10.8. The molecule has 2 atom stereocenters. The lowest BCUT2D eigenvalue weighted by Gasteiger charge is -2.38. The molecule has 0 bridgehead atoms.